The number of carboxylic acid groups (broad SMARTS) is 1. The molecule has 4 nitrogen and oxygen atoms in total. The first kappa shape index (κ1) is 14.4. The number of carbonyl (C=O) groups is 1. The van der Waals surface area contributed by atoms with Crippen molar-refractivity contribution in [3.05, 3.63) is 0 Å². The van der Waals surface area contributed by atoms with Crippen molar-refractivity contribution >= 4 is 5.97 Å². The first-order valence-electron chi connectivity index (χ1n) is 5.56. The molecule has 0 aliphatic heterocycles. The molecule has 0 saturated heterocycles. The fourth-order valence-electron chi connectivity index (χ4n) is 1.26. The van der Waals surface area contributed by atoms with E-state index in [0.29, 0.717) is 24.8 Å². The highest BCUT2D eigenvalue weighted by Gasteiger charge is 2.19. The molecule has 0 radical (unpaired) electrons. The van der Waals surface area contributed by atoms with Crippen molar-refractivity contribution in [2.75, 3.05) is 6.54 Å². The van der Waals surface area contributed by atoms with Gasteiger partial charge in [-0.05, 0) is 18.3 Å². The van der Waals surface area contributed by atoms with Crippen molar-refractivity contribution in [2.45, 2.75) is 46.2 Å². The molecule has 0 aliphatic carbocycles. The number of nitrogens with one attached hydrogen (secondary N) is 1. The fourth-order valence-corrected chi connectivity index (χ4v) is 1.26. The Balaban J connectivity index is 4.02. The van der Waals surface area contributed by atoms with Crippen LogP contribution < -0.4 is 11.1 Å². The molecule has 0 bridgehead atoms. The maximum Gasteiger partial charge on any atom is 0.320 e. The second kappa shape index (κ2) is 6.80. The van der Waals surface area contributed by atoms with E-state index in [9.17, 15) is 4.79 Å². The predicted molar refractivity (Wildman–Crippen MR) is 61.7 cm³/mol. The lowest BCUT2D eigenvalue weighted by Crippen LogP contribution is -2.45. The fraction of sp³-hybridized carbons (Fsp3) is 0.909. The average Bonchev–Trinajstić information content (AvgIpc) is 2.10. The Kier molecular flexibility index (Phi) is 6.52. The summed E-state index contributed by atoms with van der Waals surface area (Å²) in [6, 6.07) is -0.464. The van der Waals surface area contributed by atoms with Crippen LogP contribution in [-0.4, -0.2) is 29.7 Å². The molecule has 0 aromatic rings. The van der Waals surface area contributed by atoms with Gasteiger partial charge in [-0.1, -0.05) is 27.7 Å². The summed E-state index contributed by atoms with van der Waals surface area (Å²) in [6.45, 7) is 8.65. The third-order valence-corrected chi connectivity index (χ3v) is 2.46. The quantitative estimate of drug-likeness (QED) is 0.595. The molecular weight excluding hydrogens is 192 g/mol. The molecule has 2 atom stereocenters. The molecule has 0 saturated carbocycles. The van der Waals surface area contributed by atoms with E-state index in [2.05, 4.69) is 5.32 Å². The summed E-state index contributed by atoms with van der Waals surface area (Å²) in [6.07, 6.45) is 0.639. The average molecular weight is 216 g/mol. The molecule has 15 heavy (non-hydrogen) atoms. The predicted octanol–water partition coefficient (Wildman–Crippen LogP) is 1.06. The Bertz CT molecular complexity index is 193. The van der Waals surface area contributed by atoms with Crippen molar-refractivity contribution in [2.24, 2.45) is 17.6 Å². The van der Waals surface area contributed by atoms with E-state index in [1.54, 1.807) is 0 Å². The summed E-state index contributed by atoms with van der Waals surface area (Å²) in [5.41, 5.74) is 5.84. The van der Waals surface area contributed by atoms with E-state index in [1.165, 1.54) is 0 Å². The lowest BCUT2D eigenvalue weighted by molar-refractivity contribution is -0.139. The Hall–Kier alpha value is -0.610. The maximum atomic E-state index is 10.9. The van der Waals surface area contributed by atoms with Gasteiger partial charge in [-0.25, -0.2) is 0 Å². The zero-order valence-electron chi connectivity index (χ0n) is 10.2. The van der Waals surface area contributed by atoms with Crippen molar-refractivity contribution in [3.8, 4) is 0 Å². The topological polar surface area (TPSA) is 75.3 Å². The number of nitrogens with two attached hydrogens (primary N) is 1. The van der Waals surface area contributed by atoms with E-state index in [-0.39, 0.29) is 6.04 Å². The van der Waals surface area contributed by atoms with Crippen LogP contribution in [0.4, 0.5) is 0 Å². The minimum Gasteiger partial charge on any atom is -0.480 e. The second-order valence-corrected chi connectivity index (χ2v) is 4.84. The van der Waals surface area contributed by atoms with Crippen LogP contribution in [-0.2, 0) is 4.79 Å². The molecule has 2 unspecified atom stereocenters. The number of aliphatic carboxylic acids is 1. The number of hydrogen-bond acceptors (Lipinski definition) is 3. The van der Waals surface area contributed by atoms with Crippen LogP contribution in [0.15, 0.2) is 0 Å². The largest absolute Gasteiger partial charge is 0.480 e. The van der Waals surface area contributed by atoms with Crippen molar-refractivity contribution < 1.29 is 9.90 Å². The van der Waals surface area contributed by atoms with Gasteiger partial charge >= 0.3 is 5.97 Å². The normalized spacial score (nSPS) is 15.7. The van der Waals surface area contributed by atoms with E-state index < -0.39 is 12.0 Å². The van der Waals surface area contributed by atoms with Crippen LogP contribution in [0, 0.1) is 11.8 Å². The smallest absolute Gasteiger partial charge is 0.320 e. The molecule has 0 aromatic heterocycles. The highest BCUT2D eigenvalue weighted by molar-refractivity contribution is 5.73. The first-order chi connectivity index (χ1) is 6.84. The van der Waals surface area contributed by atoms with Crippen LogP contribution in [0.25, 0.3) is 0 Å². The van der Waals surface area contributed by atoms with Crippen LogP contribution in [0.3, 0.4) is 0 Å². The van der Waals surface area contributed by atoms with E-state index in [4.69, 9.17) is 10.8 Å². The monoisotopic (exact) mass is 216 g/mol. The molecule has 4 N–H and O–H groups in total. The van der Waals surface area contributed by atoms with Crippen LogP contribution in [0.2, 0.25) is 0 Å². The molecule has 0 spiro atoms. The van der Waals surface area contributed by atoms with Gasteiger partial charge in [-0.2, -0.15) is 0 Å². The Labute approximate surface area is 92.2 Å². The molecular formula is C11H24N2O2. The molecule has 0 heterocycles. The van der Waals surface area contributed by atoms with Crippen LogP contribution >= 0.6 is 0 Å². The number of rotatable bonds is 7. The Morgan fingerprint density at radius 1 is 1.33 bits per heavy atom. The number of hydrogen-bond donors (Lipinski definition) is 3. The highest BCUT2D eigenvalue weighted by Crippen LogP contribution is 2.05. The molecule has 0 rings (SSSR count). The summed E-state index contributed by atoms with van der Waals surface area (Å²) in [5, 5.41) is 12.0. The second-order valence-electron chi connectivity index (χ2n) is 4.84. The lowest BCUT2D eigenvalue weighted by atomic mass is 10.0. The number of carboxylic acids is 1. The van der Waals surface area contributed by atoms with Gasteiger partial charge in [0.1, 0.15) is 6.04 Å². The Morgan fingerprint density at radius 2 is 1.87 bits per heavy atom. The Morgan fingerprint density at radius 3 is 2.20 bits per heavy atom. The van der Waals surface area contributed by atoms with Gasteiger partial charge in [-0.15, -0.1) is 0 Å². The minimum atomic E-state index is -0.792. The van der Waals surface area contributed by atoms with E-state index >= 15 is 0 Å². The summed E-state index contributed by atoms with van der Waals surface area (Å²) < 4.78 is 0. The van der Waals surface area contributed by atoms with Crippen LogP contribution in [0.1, 0.15) is 34.1 Å². The van der Waals surface area contributed by atoms with Gasteiger partial charge in [0.05, 0.1) is 0 Å². The van der Waals surface area contributed by atoms with Gasteiger partial charge in [0.25, 0.3) is 0 Å². The third-order valence-electron chi connectivity index (χ3n) is 2.46. The summed E-state index contributed by atoms with van der Waals surface area (Å²) in [5.74, 6) is -0.0560. The maximum absolute atomic E-state index is 10.9. The van der Waals surface area contributed by atoms with Gasteiger partial charge in [0, 0.05) is 12.6 Å². The summed E-state index contributed by atoms with van der Waals surface area (Å²) in [4.78, 5) is 10.9. The minimum absolute atomic E-state index is 0.0130. The SMILES string of the molecule is CC(C)CC(NCC(N)C(C)C)C(=O)O. The summed E-state index contributed by atoms with van der Waals surface area (Å²) >= 11 is 0. The molecule has 4 heteroatoms. The standard InChI is InChI=1S/C11H24N2O2/c1-7(2)5-10(11(14)15)13-6-9(12)8(3)4/h7-10,13H,5-6,12H2,1-4H3,(H,14,15). The first-order valence-corrected chi connectivity index (χ1v) is 5.56. The molecule has 0 amide bonds. The highest BCUT2D eigenvalue weighted by atomic mass is 16.4. The zero-order chi connectivity index (χ0) is 12.0. The molecule has 0 aromatic carbocycles. The third kappa shape index (κ3) is 6.47. The molecule has 90 valence electrons. The zero-order valence-corrected chi connectivity index (χ0v) is 10.2. The summed E-state index contributed by atoms with van der Waals surface area (Å²) in [7, 11) is 0. The van der Waals surface area contributed by atoms with E-state index in [1.807, 2.05) is 27.7 Å². The molecule has 0 fully saturated rings. The lowest BCUT2D eigenvalue weighted by Gasteiger charge is -2.21. The van der Waals surface area contributed by atoms with E-state index in [0.717, 1.165) is 0 Å². The van der Waals surface area contributed by atoms with Crippen LogP contribution in [0.5, 0.6) is 0 Å². The van der Waals surface area contributed by atoms with Crippen molar-refractivity contribution in [3.63, 3.8) is 0 Å². The van der Waals surface area contributed by atoms with Crippen molar-refractivity contribution in [1.82, 2.24) is 5.32 Å². The molecule has 0 aliphatic rings. The van der Waals surface area contributed by atoms with Gasteiger partial charge in [0.15, 0.2) is 0 Å². The van der Waals surface area contributed by atoms with Crippen molar-refractivity contribution in [1.29, 1.82) is 0 Å². The van der Waals surface area contributed by atoms with Gasteiger partial charge in [0.2, 0.25) is 0 Å². The van der Waals surface area contributed by atoms with Gasteiger partial charge in [-0.3, -0.25) is 4.79 Å². The van der Waals surface area contributed by atoms with Gasteiger partial charge < -0.3 is 16.2 Å².